The van der Waals surface area contributed by atoms with Crippen molar-refractivity contribution in [3.8, 4) is 90.1 Å². The second-order valence-corrected chi connectivity index (χ2v) is 21.3. The van der Waals surface area contributed by atoms with Crippen LogP contribution in [0.3, 0.4) is 0 Å². The predicted molar refractivity (Wildman–Crippen MR) is 320 cm³/mol. The Kier molecular flexibility index (Phi) is 10.5. The van der Waals surface area contributed by atoms with Crippen LogP contribution in [0.2, 0.25) is 0 Å². The van der Waals surface area contributed by atoms with Gasteiger partial charge in [0.2, 0.25) is 0 Å². The van der Waals surface area contributed by atoms with Crippen LogP contribution in [-0.4, -0.2) is 24.9 Å². The van der Waals surface area contributed by atoms with Gasteiger partial charge in [0.1, 0.15) is 0 Å². The van der Waals surface area contributed by atoms with Crippen molar-refractivity contribution in [3.63, 3.8) is 0 Å². The van der Waals surface area contributed by atoms with Crippen molar-refractivity contribution in [2.75, 3.05) is 0 Å². The largest absolute Gasteiger partial charge is 0.245 e. The third-order valence-corrected chi connectivity index (χ3v) is 16.8. The summed E-state index contributed by atoms with van der Waals surface area (Å²) in [5.41, 5.74) is 15.4. The number of aromatic nitrogens is 5. The monoisotopic (exact) mass is 1000 g/mol. The first kappa shape index (κ1) is 44.0. The van der Waals surface area contributed by atoms with Crippen LogP contribution in [0.5, 0.6) is 0 Å². The SMILES string of the molecule is c1ccc(-c2ccc3ccc4ccc(-c5cc(-c6ccc(-c7ccc(-c8nc(-c9ccccc9)nc(-c9cccc%10sc%11ccccc%11c9%10)n8)cc7)cc6)cc(-c6cccc7sc8ccccc8c67)c5)nc4c3n2)cc1. The van der Waals surface area contributed by atoms with E-state index in [1.165, 1.54) is 45.9 Å². The van der Waals surface area contributed by atoms with Crippen molar-refractivity contribution < 1.29 is 0 Å². The van der Waals surface area contributed by atoms with Gasteiger partial charge in [0, 0.05) is 78.9 Å². The molecule has 5 aromatic heterocycles. The molecule has 0 aliphatic rings. The molecule has 0 amide bonds. The van der Waals surface area contributed by atoms with Gasteiger partial charge < -0.3 is 0 Å². The lowest BCUT2D eigenvalue weighted by molar-refractivity contribution is 1.08. The molecule has 76 heavy (non-hydrogen) atoms. The molecule has 0 saturated heterocycles. The minimum atomic E-state index is 0.631. The average Bonchev–Trinajstić information content (AvgIpc) is 4.12. The number of benzene rings is 10. The Morgan fingerprint density at radius 2 is 0.645 bits per heavy atom. The van der Waals surface area contributed by atoms with Crippen LogP contribution in [0.25, 0.3) is 152 Å². The Bertz CT molecular complexity index is 4740. The maximum absolute atomic E-state index is 5.45. The fraction of sp³-hybridized carbons (Fsp3) is 0. The summed E-state index contributed by atoms with van der Waals surface area (Å²) in [7, 11) is 0. The quantitative estimate of drug-likeness (QED) is 0.142. The lowest BCUT2D eigenvalue weighted by Crippen LogP contribution is -2.00. The molecule has 0 atom stereocenters. The second kappa shape index (κ2) is 18.1. The Balaban J connectivity index is 0.816. The summed E-state index contributed by atoms with van der Waals surface area (Å²) in [6, 6.07) is 88.3. The zero-order valence-electron chi connectivity index (χ0n) is 40.7. The maximum atomic E-state index is 5.45. The Morgan fingerprint density at radius 3 is 1.24 bits per heavy atom. The van der Waals surface area contributed by atoms with Crippen molar-refractivity contribution in [1.82, 2.24) is 24.9 Å². The van der Waals surface area contributed by atoms with E-state index in [4.69, 9.17) is 24.9 Å². The number of rotatable bonds is 8. The van der Waals surface area contributed by atoms with Crippen molar-refractivity contribution in [2.45, 2.75) is 0 Å². The molecule has 0 fully saturated rings. The highest BCUT2D eigenvalue weighted by Crippen LogP contribution is 2.44. The first-order valence-corrected chi connectivity index (χ1v) is 27.0. The van der Waals surface area contributed by atoms with E-state index in [2.05, 4.69) is 224 Å². The smallest absolute Gasteiger partial charge is 0.164 e. The van der Waals surface area contributed by atoms with Crippen LogP contribution in [0.4, 0.5) is 0 Å². The highest BCUT2D eigenvalue weighted by molar-refractivity contribution is 7.26. The molecule has 5 heterocycles. The van der Waals surface area contributed by atoms with E-state index in [0.29, 0.717) is 17.5 Å². The van der Waals surface area contributed by atoms with Gasteiger partial charge in [-0.25, -0.2) is 24.9 Å². The molecular formula is C69H41N5S2. The highest BCUT2D eigenvalue weighted by Gasteiger charge is 2.19. The van der Waals surface area contributed by atoms with E-state index in [9.17, 15) is 0 Å². The molecule has 0 N–H and O–H groups in total. The van der Waals surface area contributed by atoms with Crippen LogP contribution in [0.15, 0.2) is 249 Å². The molecule has 7 heteroatoms. The molecule has 10 aromatic carbocycles. The normalized spacial score (nSPS) is 11.7. The standard InChI is InChI=1S/C69H41N5S2/c1-3-13-45(14-4-1)57-37-35-46-31-32-47-36-38-58(71-66(47)65(46)70-57)52-40-50(39-51(41-52)53-19-11-23-61-63(53)54-17-7-9-21-59(54)75-61)44-27-25-42(26-28-44)43-29-33-49(34-30-43)68-72-67(48-15-5-2-6-16-48)73-69(74-68)56-20-12-24-62-64(56)55-18-8-10-22-60(55)76-62/h1-41H. The number of nitrogens with zero attached hydrogens (tertiary/aromatic N) is 5. The minimum Gasteiger partial charge on any atom is -0.245 e. The number of hydrogen-bond acceptors (Lipinski definition) is 7. The molecule has 0 bridgehead atoms. The van der Waals surface area contributed by atoms with E-state index < -0.39 is 0 Å². The summed E-state index contributed by atoms with van der Waals surface area (Å²) < 4.78 is 5.01. The fourth-order valence-electron chi connectivity index (χ4n) is 10.8. The molecule has 0 unspecified atom stereocenters. The summed E-state index contributed by atoms with van der Waals surface area (Å²) in [4.78, 5) is 26.1. The number of hydrogen-bond donors (Lipinski definition) is 0. The fourth-order valence-corrected chi connectivity index (χ4v) is 13.0. The lowest BCUT2D eigenvalue weighted by Gasteiger charge is -2.14. The van der Waals surface area contributed by atoms with E-state index in [0.717, 1.165) is 88.8 Å². The third kappa shape index (κ3) is 7.72. The lowest BCUT2D eigenvalue weighted by atomic mass is 9.92. The number of thiophene rings is 2. The zero-order chi connectivity index (χ0) is 50.1. The van der Waals surface area contributed by atoms with Gasteiger partial charge in [-0.3, -0.25) is 0 Å². The molecule has 0 aliphatic carbocycles. The van der Waals surface area contributed by atoms with Crippen molar-refractivity contribution in [1.29, 1.82) is 0 Å². The first-order valence-electron chi connectivity index (χ1n) is 25.4. The average molecular weight is 1000 g/mol. The summed E-state index contributed by atoms with van der Waals surface area (Å²) >= 11 is 3.64. The van der Waals surface area contributed by atoms with Crippen molar-refractivity contribution in [2.24, 2.45) is 0 Å². The summed E-state index contributed by atoms with van der Waals surface area (Å²) in [6.45, 7) is 0. The molecule has 0 spiro atoms. The molecule has 0 radical (unpaired) electrons. The first-order chi connectivity index (χ1) is 37.6. The molecule has 0 saturated carbocycles. The van der Waals surface area contributed by atoms with Gasteiger partial charge in [-0.2, -0.15) is 0 Å². The Morgan fingerprint density at radius 1 is 0.237 bits per heavy atom. The van der Waals surface area contributed by atoms with E-state index >= 15 is 0 Å². The Labute approximate surface area is 445 Å². The summed E-state index contributed by atoms with van der Waals surface area (Å²) in [5.74, 6) is 1.93. The van der Waals surface area contributed by atoms with E-state index in [-0.39, 0.29) is 0 Å². The summed E-state index contributed by atoms with van der Waals surface area (Å²) in [5, 5.41) is 7.04. The highest BCUT2D eigenvalue weighted by atomic mass is 32.1. The van der Waals surface area contributed by atoms with Crippen LogP contribution < -0.4 is 0 Å². The molecular weight excluding hydrogens is 963 g/mol. The third-order valence-electron chi connectivity index (χ3n) is 14.5. The van der Waals surface area contributed by atoms with Crippen molar-refractivity contribution >= 4 is 84.8 Å². The van der Waals surface area contributed by atoms with Crippen LogP contribution >= 0.6 is 22.7 Å². The number of pyridine rings is 2. The summed E-state index contributed by atoms with van der Waals surface area (Å²) in [6.07, 6.45) is 0. The Hall–Kier alpha value is -9.53. The molecule has 354 valence electrons. The van der Waals surface area contributed by atoms with Gasteiger partial charge in [-0.15, -0.1) is 22.7 Å². The molecule has 5 nitrogen and oxygen atoms in total. The van der Waals surface area contributed by atoms with E-state index in [1.54, 1.807) is 11.3 Å². The zero-order valence-corrected chi connectivity index (χ0v) is 42.4. The molecule has 15 rings (SSSR count). The maximum Gasteiger partial charge on any atom is 0.164 e. The van der Waals surface area contributed by atoms with Crippen LogP contribution in [0, 0.1) is 0 Å². The van der Waals surface area contributed by atoms with Gasteiger partial charge in [0.15, 0.2) is 17.5 Å². The molecule has 15 aromatic rings. The van der Waals surface area contributed by atoms with Gasteiger partial charge in [-0.05, 0) is 88.0 Å². The van der Waals surface area contributed by atoms with Crippen LogP contribution in [-0.2, 0) is 0 Å². The topological polar surface area (TPSA) is 64.5 Å². The van der Waals surface area contributed by atoms with Gasteiger partial charge in [0.25, 0.3) is 0 Å². The minimum absolute atomic E-state index is 0.631. The predicted octanol–water partition coefficient (Wildman–Crippen LogP) is 19.0. The van der Waals surface area contributed by atoms with Crippen LogP contribution in [0.1, 0.15) is 0 Å². The van der Waals surface area contributed by atoms with Gasteiger partial charge >= 0.3 is 0 Å². The second-order valence-electron chi connectivity index (χ2n) is 19.1. The van der Waals surface area contributed by atoms with Gasteiger partial charge in [-0.1, -0.05) is 194 Å². The molecule has 0 aliphatic heterocycles. The van der Waals surface area contributed by atoms with Gasteiger partial charge in [0.05, 0.1) is 22.4 Å². The van der Waals surface area contributed by atoms with Crippen molar-refractivity contribution in [3.05, 3.63) is 249 Å². The number of fused-ring (bicyclic) bond motifs is 9. The van der Waals surface area contributed by atoms with E-state index in [1.807, 2.05) is 35.6 Å².